The number of H-pyrrole nitrogens is 1. The number of rotatable bonds is 2. The number of carbonyl (C=O) groups is 1. The molecule has 0 atom stereocenters. The Labute approximate surface area is 99.1 Å². The van der Waals surface area contributed by atoms with E-state index in [1.54, 1.807) is 4.90 Å². The van der Waals surface area contributed by atoms with Crippen LogP contribution >= 0.6 is 0 Å². The fourth-order valence-electron chi connectivity index (χ4n) is 2.13. The van der Waals surface area contributed by atoms with E-state index in [0.717, 1.165) is 18.5 Å². The van der Waals surface area contributed by atoms with Gasteiger partial charge in [0.2, 0.25) is 0 Å². The van der Waals surface area contributed by atoms with Gasteiger partial charge in [-0.1, -0.05) is 0 Å². The third kappa shape index (κ3) is 1.88. The van der Waals surface area contributed by atoms with Crippen molar-refractivity contribution in [3.8, 4) is 0 Å². The normalized spacial score (nSPS) is 20.6. The Morgan fingerprint density at radius 3 is 2.76 bits per heavy atom. The van der Waals surface area contributed by atoms with Crippen molar-refractivity contribution in [3.05, 3.63) is 11.4 Å². The van der Waals surface area contributed by atoms with E-state index < -0.39 is 0 Å². The molecule has 3 N–H and O–H groups in total. The summed E-state index contributed by atoms with van der Waals surface area (Å²) in [7, 11) is 0. The molecule has 2 fully saturated rings. The highest BCUT2D eigenvalue weighted by molar-refractivity contribution is 5.97. The van der Waals surface area contributed by atoms with Gasteiger partial charge >= 0.3 is 0 Å². The van der Waals surface area contributed by atoms with E-state index in [-0.39, 0.29) is 5.91 Å². The molecule has 1 aliphatic heterocycles. The molecular weight excluding hydrogens is 220 g/mol. The van der Waals surface area contributed by atoms with Crippen molar-refractivity contribution in [2.75, 3.05) is 32.0 Å². The van der Waals surface area contributed by atoms with Crippen LogP contribution in [0.25, 0.3) is 0 Å². The molecule has 1 aromatic heterocycles. The van der Waals surface area contributed by atoms with Crippen molar-refractivity contribution < 1.29 is 9.53 Å². The first kappa shape index (κ1) is 10.6. The number of morpholine rings is 1. The SMILES string of the molecule is Nc1c(C(=O)N2CCOCC2)n[nH]c1C1CC1. The van der Waals surface area contributed by atoms with E-state index in [2.05, 4.69) is 10.2 Å². The third-order valence-corrected chi connectivity index (χ3v) is 3.32. The number of nitrogens with one attached hydrogen (secondary N) is 1. The largest absolute Gasteiger partial charge is 0.395 e. The third-order valence-electron chi connectivity index (χ3n) is 3.32. The Kier molecular flexibility index (Phi) is 2.51. The summed E-state index contributed by atoms with van der Waals surface area (Å²) >= 11 is 0. The predicted octanol–water partition coefficient (Wildman–Crippen LogP) is 0.342. The average Bonchev–Trinajstić information content (AvgIpc) is 3.13. The Balaban J connectivity index is 1.80. The second kappa shape index (κ2) is 4.03. The summed E-state index contributed by atoms with van der Waals surface area (Å²) in [6.45, 7) is 2.41. The standard InChI is InChI=1S/C11H16N4O2/c12-8-9(7-1-2-7)13-14-10(8)11(16)15-3-5-17-6-4-15/h7H,1-6,12H2,(H,13,14). The molecule has 1 saturated heterocycles. The molecule has 1 aliphatic carbocycles. The number of anilines is 1. The van der Waals surface area contributed by atoms with Gasteiger partial charge in [0.15, 0.2) is 5.69 Å². The molecule has 6 nitrogen and oxygen atoms in total. The van der Waals surface area contributed by atoms with Crippen LogP contribution in [0.5, 0.6) is 0 Å². The van der Waals surface area contributed by atoms with E-state index in [1.807, 2.05) is 0 Å². The lowest BCUT2D eigenvalue weighted by molar-refractivity contribution is 0.0299. The van der Waals surface area contributed by atoms with Gasteiger partial charge in [0.25, 0.3) is 5.91 Å². The van der Waals surface area contributed by atoms with Gasteiger partial charge in [0.1, 0.15) is 0 Å². The number of ether oxygens (including phenoxy) is 1. The monoisotopic (exact) mass is 236 g/mol. The van der Waals surface area contributed by atoms with Gasteiger partial charge in [-0.3, -0.25) is 9.89 Å². The van der Waals surface area contributed by atoms with Gasteiger partial charge in [-0.05, 0) is 12.8 Å². The molecule has 2 aliphatic rings. The van der Waals surface area contributed by atoms with Crippen LogP contribution in [-0.4, -0.2) is 47.3 Å². The van der Waals surface area contributed by atoms with E-state index in [4.69, 9.17) is 10.5 Å². The molecule has 1 saturated carbocycles. The van der Waals surface area contributed by atoms with Crippen LogP contribution in [0.15, 0.2) is 0 Å². The van der Waals surface area contributed by atoms with Crippen molar-refractivity contribution in [2.24, 2.45) is 0 Å². The first-order valence-electron chi connectivity index (χ1n) is 5.98. The van der Waals surface area contributed by atoms with Crippen LogP contribution in [0.4, 0.5) is 5.69 Å². The summed E-state index contributed by atoms with van der Waals surface area (Å²) in [5.74, 6) is 0.391. The van der Waals surface area contributed by atoms with E-state index in [1.165, 1.54) is 0 Å². The molecule has 3 rings (SSSR count). The van der Waals surface area contributed by atoms with Gasteiger partial charge in [-0.2, -0.15) is 5.10 Å². The lowest BCUT2D eigenvalue weighted by Gasteiger charge is -2.26. The number of aromatic nitrogens is 2. The van der Waals surface area contributed by atoms with E-state index >= 15 is 0 Å². The van der Waals surface area contributed by atoms with Gasteiger partial charge in [0.05, 0.1) is 24.6 Å². The molecule has 0 aromatic carbocycles. The van der Waals surface area contributed by atoms with Crippen LogP contribution < -0.4 is 5.73 Å². The zero-order valence-electron chi connectivity index (χ0n) is 9.61. The number of amides is 1. The van der Waals surface area contributed by atoms with Crippen molar-refractivity contribution in [1.82, 2.24) is 15.1 Å². The smallest absolute Gasteiger partial charge is 0.276 e. The van der Waals surface area contributed by atoms with Crippen LogP contribution in [0.2, 0.25) is 0 Å². The number of nitrogens with two attached hydrogens (primary N) is 1. The molecule has 2 heterocycles. The molecule has 1 amide bonds. The molecule has 17 heavy (non-hydrogen) atoms. The minimum atomic E-state index is -0.0889. The van der Waals surface area contributed by atoms with Gasteiger partial charge < -0.3 is 15.4 Å². The van der Waals surface area contributed by atoms with Crippen molar-refractivity contribution in [2.45, 2.75) is 18.8 Å². The summed E-state index contributed by atoms with van der Waals surface area (Å²) in [6.07, 6.45) is 2.27. The number of nitrogen functional groups attached to an aromatic ring is 1. The zero-order valence-corrected chi connectivity index (χ0v) is 9.61. The average molecular weight is 236 g/mol. The maximum Gasteiger partial charge on any atom is 0.276 e. The van der Waals surface area contributed by atoms with Gasteiger partial charge in [0, 0.05) is 19.0 Å². The Bertz CT molecular complexity index is 433. The number of nitrogens with zero attached hydrogens (tertiary/aromatic N) is 2. The first-order chi connectivity index (χ1) is 8.27. The minimum Gasteiger partial charge on any atom is -0.395 e. The fourth-order valence-corrected chi connectivity index (χ4v) is 2.13. The molecule has 0 unspecified atom stereocenters. The highest BCUT2D eigenvalue weighted by atomic mass is 16.5. The lowest BCUT2D eigenvalue weighted by Crippen LogP contribution is -2.41. The minimum absolute atomic E-state index is 0.0889. The van der Waals surface area contributed by atoms with Crippen LogP contribution in [0.3, 0.4) is 0 Å². The summed E-state index contributed by atoms with van der Waals surface area (Å²) < 4.78 is 5.22. The van der Waals surface area contributed by atoms with Crippen LogP contribution in [-0.2, 0) is 4.74 Å². The van der Waals surface area contributed by atoms with E-state index in [0.29, 0.717) is 43.6 Å². The quantitative estimate of drug-likeness (QED) is 0.775. The topological polar surface area (TPSA) is 84.2 Å². The van der Waals surface area contributed by atoms with Gasteiger partial charge in [-0.15, -0.1) is 0 Å². The summed E-state index contributed by atoms with van der Waals surface area (Å²) in [4.78, 5) is 13.9. The van der Waals surface area contributed by atoms with Crippen LogP contribution in [0.1, 0.15) is 34.9 Å². The summed E-state index contributed by atoms with van der Waals surface area (Å²) in [5.41, 5.74) is 7.81. The number of aromatic amines is 1. The molecule has 0 radical (unpaired) electrons. The molecule has 92 valence electrons. The van der Waals surface area contributed by atoms with Crippen molar-refractivity contribution >= 4 is 11.6 Å². The number of hydrogen-bond donors (Lipinski definition) is 2. The zero-order chi connectivity index (χ0) is 11.8. The number of hydrogen-bond acceptors (Lipinski definition) is 4. The molecule has 1 aromatic rings. The van der Waals surface area contributed by atoms with E-state index in [9.17, 15) is 4.79 Å². The summed E-state index contributed by atoms with van der Waals surface area (Å²) in [6, 6.07) is 0. The highest BCUT2D eigenvalue weighted by Crippen LogP contribution is 2.42. The van der Waals surface area contributed by atoms with Crippen molar-refractivity contribution in [3.63, 3.8) is 0 Å². The Morgan fingerprint density at radius 1 is 1.41 bits per heavy atom. The maximum atomic E-state index is 12.2. The first-order valence-corrected chi connectivity index (χ1v) is 5.98. The Morgan fingerprint density at radius 2 is 2.12 bits per heavy atom. The fraction of sp³-hybridized carbons (Fsp3) is 0.636. The van der Waals surface area contributed by atoms with Crippen LogP contribution in [0, 0.1) is 0 Å². The predicted molar refractivity (Wildman–Crippen MR) is 61.7 cm³/mol. The second-order valence-electron chi connectivity index (χ2n) is 4.58. The molecule has 0 bridgehead atoms. The summed E-state index contributed by atoms with van der Waals surface area (Å²) in [5, 5.41) is 6.97. The Hall–Kier alpha value is -1.56. The van der Waals surface area contributed by atoms with Crippen molar-refractivity contribution in [1.29, 1.82) is 0 Å². The highest BCUT2D eigenvalue weighted by Gasteiger charge is 2.31. The second-order valence-corrected chi connectivity index (χ2v) is 4.58. The number of carbonyl (C=O) groups excluding carboxylic acids is 1. The van der Waals surface area contributed by atoms with Gasteiger partial charge in [-0.25, -0.2) is 0 Å². The lowest BCUT2D eigenvalue weighted by atomic mass is 10.2. The maximum absolute atomic E-state index is 12.2. The molecular formula is C11H16N4O2. The molecule has 6 heteroatoms. The molecule has 0 spiro atoms.